The molecule has 2 unspecified atom stereocenters. The Balaban J connectivity index is 1.62. The topological polar surface area (TPSA) is 46.9 Å². The minimum atomic E-state index is -4.27. The Kier molecular flexibility index (Phi) is 5.11. The Morgan fingerprint density at radius 1 is 1.20 bits per heavy atom. The number of amides is 1. The van der Waals surface area contributed by atoms with Crippen molar-refractivity contribution in [2.45, 2.75) is 44.3 Å². The zero-order valence-electron chi connectivity index (χ0n) is 13.7. The second-order valence-corrected chi connectivity index (χ2v) is 6.41. The maximum atomic E-state index is 13.1. The third kappa shape index (κ3) is 4.41. The van der Waals surface area contributed by atoms with Crippen LogP contribution >= 0.6 is 0 Å². The van der Waals surface area contributed by atoms with Gasteiger partial charge in [-0.25, -0.2) is 4.68 Å². The molecule has 1 aromatic carbocycles. The van der Waals surface area contributed by atoms with E-state index in [1.807, 2.05) is 30.3 Å². The number of halogens is 3. The minimum Gasteiger partial charge on any atom is -0.352 e. The van der Waals surface area contributed by atoms with E-state index in [9.17, 15) is 18.0 Å². The fourth-order valence-corrected chi connectivity index (χ4v) is 3.31. The van der Waals surface area contributed by atoms with Crippen molar-refractivity contribution in [2.24, 2.45) is 5.92 Å². The van der Waals surface area contributed by atoms with E-state index in [4.69, 9.17) is 0 Å². The Hall–Kier alpha value is -2.31. The summed E-state index contributed by atoms with van der Waals surface area (Å²) in [6.07, 6.45) is 0.764. The number of rotatable bonds is 4. The standard InChI is InChI=1S/C18H20F3N3O/c19-18(20,21)15-8-4-5-9-16(15)23-17(25)10-13-11-22-24(12-13)14-6-2-1-3-7-14/h1-3,6-7,11-12,15-16H,4-5,8-10H2,(H,23,25). The van der Waals surface area contributed by atoms with Crippen LogP contribution in [0.5, 0.6) is 0 Å². The highest BCUT2D eigenvalue weighted by Gasteiger charge is 2.45. The average molecular weight is 351 g/mol. The van der Waals surface area contributed by atoms with Gasteiger partial charge in [-0.1, -0.05) is 31.0 Å². The molecule has 1 amide bonds. The van der Waals surface area contributed by atoms with Crippen LogP contribution in [0.15, 0.2) is 42.7 Å². The van der Waals surface area contributed by atoms with Crippen LogP contribution in [0.1, 0.15) is 31.2 Å². The Labute approximate surface area is 144 Å². The van der Waals surface area contributed by atoms with E-state index in [0.717, 1.165) is 5.69 Å². The van der Waals surface area contributed by atoms with Gasteiger partial charge in [-0.3, -0.25) is 4.79 Å². The van der Waals surface area contributed by atoms with Crippen molar-refractivity contribution in [3.63, 3.8) is 0 Å². The number of aromatic nitrogens is 2. The lowest BCUT2D eigenvalue weighted by Gasteiger charge is -2.33. The maximum absolute atomic E-state index is 13.1. The van der Waals surface area contributed by atoms with Gasteiger partial charge >= 0.3 is 6.18 Å². The molecule has 0 radical (unpaired) electrons. The monoisotopic (exact) mass is 351 g/mol. The van der Waals surface area contributed by atoms with Gasteiger partial charge in [0.2, 0.25) is 5.91 Å². The van der Waals surface area contributed by atoms with Crippen molar-refractivity contribution in [1.82, 2.24) is 15.1 Å². The number of carbonyl (C=O) groups excluding carboxylic acids is 1. The highest BCUT2D eigenvalue weighted by molar-refractivity contribution is 5.78. The Morgan fingerprint density at radius 2 is 1.92 bits per heavy atom. The number of benzene rings is 1. The van der Waals surface area contributed by atoms with E-state index in [0.29, 0.717) is 24.8 Å². The van der Waals surface area contributed by atoms with Crippen LogP contribution in [0.3, 0.4) is 0 Å². The van der Waals surface area contributed by atoms with Gasteiger partial charge in [-0.05, 0) is 30.5 Å². The number of carbonyl (C=O) groups is 1. The van der Waals surface area contributed by atoms with Crippen LogP contribution in [0.25, 0.3) is 5.69 Å². The van der Waals surface area contributed by atoms with Gasteiger partial charge in [0.25, 0.3) is 0 Å². The molecule has 7 heteroatoms. The summed E-state index contributed by atoms with van der Waals surface area (Å²) in [6.45, 7) is 0. The van der Waals surface area contributed by atoms with Crippen LogP contribution < -0.4 is 5.32 Å². The first-order chi connectivity index (χ1) is 11.9. The first-order valence-corrected chi connectivity index (χ1v) is 8.38. The molecule has 1 aliphatic rings. The molecule has 0 spiro atoms. The van der Waals surface area contributed by atoms with Crippen molar-refractivity contribution in [2.75, 3.05) is 0 Å². The molecular weight excluding hydrogens is 331 g/mol. The zero-order valence-corrected chi connectivity index (χ0v) is 13.7. The van der Waals surface area contributed by atoms with Crippen molar-refractivity contribution in [3.8, 4) is 5.69 Å². The Bertz CT molecular complexity index is 712. The summed E-state index contributed by atoms with van der Waals surface area (Å²) in [4.78, 5) is 12.2. The third-order valence-corrected chi connectivity index (χ3v) is 4.55. The van der Waals surface area contributed by atoms with Crippen LogP contribution in [-0.4, -0.2) is 27.9 Å². The van der Waals surface area contributed by atoms with Gasteiger partial charge in [0, 0.05) is 12.2 Å². The van der Waals surface area contributed by atoms with Gasteiger partial charge in [0.1, 0.15) is 0 Å². The number of hydrogen-bond donors (Lipinski definition) is 1. The summed E-state index contributed by atoms with van der Waals surface area (Å²) in [5, 5.41) is 6.77. The van der Waals surface area contributed by atoms with Gasteiger partial charge in [0.15, 0.2) is 0 Å². The smallest absolute Gasteiger partial charge is 0.352 e. The molecule has 1 saturated carbocycles. The number of nitrogens with zero attached hydrogens (tertiary/aromatic N) is 2. The number of nitrogens with one attached hydrogen (secondary N) is 1. The second kappa shape index (κ2) is 7.29. The van der Waals surface area contributed by atoms with E-state index in [1.54, 1.807) is 17.1 Å². The lowest BCUT2D eigenvalue weighted by atomic mass is 9.84. The number of alkyl halides is 3. The largest absolute Gasteiger partial charge is 0.393 e. The van der Waals surface area contributed by atoms with E-state index in [1.165, 1.54) is 0 Å². The van der Waals surface area contributed by atoms with E-state index in [-0.39, 0.29) is 12.8 Å². The summed E-state index contributed by atoms with van der Waals surface area (Å²) in [7, 11) is 0. The molecule has 0 saturated heterocycles. The molecule has 134 valence electrons. The second-order valence-electron chi connectivity index (χ2n) is 6.41. The normalized spacial score (nSPS) is 21.1. The predicted molar refractivity (Wildman–Crippen MR) is 87.2 cm³/mol. The van der Waals surface area contributed by atoms with Crippen LogP contribution in [0.2, 0.25) is 0 Å². The molecule has 2 aromatic rings. The molecule has 0 aliphatic heterocycles. The lowest BCUT2D eigenvalue weighted by Crippen LogP contribution is -2.48. The van der Waals surface area contributed by atoms with Gasteiger partial charge < -0.3 is 5.32 Å². The summed E-state index contributed by atoms with van der Waals surface area (Å²) in [5.41, 5.74) is 1.53. The van der Waals surface area contributed by atoms with Gasteiger partial charge in [0.05, 0.1) is 24.2 Å². The fraction of sp³-hybridized carbons (Fsp3) is 0.444. The summed E-state index contributed by atoms with van der Waals surface area (Å²) in [6, 6.07) is 8.58. The van der Waals surface area contributed by atoms with E-state index in [2.05, 4.69) is 10.4 Å². The molecular formula is C18H20F3N3O. The molecule has 1 aliphatic carbocycles. The molecule has 1 aromatic heterocycles. The van der Waals surface area contributed by atoms with Crippen molar-refractivity contribution >= 4 is 5.91 Å². The first kappa shape index (κ1) is 17.5. The average Bonchev–Trinajstić information content (AvgIpc) is 3.03. The molecule has 1 fully saturated rings. The molecule has 25 heavy (non-hydrogen) atoms. The SMILES string of the molecule is O=C(Cc1cnn(-c2ccccc2)c1)NC1CCCCC1C(F)(F)F. The van der Waals surface area contributed by atoms with Gasteiger partial charge in [-0.2, -0.15) is 18.3 Å². The van der Waals surface area contributed by atoms with Crippen molar-refractivity contribution < 1.29 is 18.0 Å². The summed E-state index contributed by atoms with van der Waals surface area (Å²) < 4.78 is 40.9. The number of hydrogen-bond acceptors (Lipinski definition) is 2. The molecule has 1 heterocycles. The van der Waals surface area contributed by atoms with Crippen molar-refractivity contribution in [1.29, 1.82) is 0 Å². The fourth-order valence-electron chi connectivity index (χ4n) is 3.31. The van der Waals surface area contributed by atoms with E-state index < -0.39 is 24.0 Å². The molecule has 0 bridgehead atoms. The van der Waals surface area contributed by atoms with Crippen LogP contribution in [0, 0.1) is 5.92 Å². The molecule has 2 atom stereocenters. The zero-order chi connectivity index (χ0) is 17.9. The predicted octanol–water partition coefficient (Wildman–Crippen LogP) is 3.65. The highest BCUT2D eigenvalue weighted by Crippen LogP contribution is 2.37. The third-order valence-electron chi connectivity index (χ3n) is 4.55. The molecule has 4 nitrogen and oxygen atoms in total. The van der Waals surface area contributed by atoms with Gasteiger partial charge in [-0.15, -0.1) is 0 Å². The summed E-state index contributed by atoms with van der Waals surface area (Å²) in [5.74, 6) is -1.84. The van der Waals surface area contributed by atoms with Crippen LogP contribution in [0.4, 0.5) is 13.2 Å². The molecule has 1 N–H and O–H groups in total. The lowest BCUT2D eigenvalue weighted by molar-refractivity contribution is -0.189. The summed E-state index contributed by atoms with van der Waals surface area (Å²) >= 11 is 0. The first-order valence-electron chi connectivity index (χ1n) is 8.38. The molecule has 3 rings (SSSR count). The van der Waals surface area contributed by atoms with E-state index >= 15 is 0 Å². The number of para-hydroxylation sites is 1. The quantitative estimate of drug-likeness (QED) is 0.914. The van der Waals surface area contributed by atoms with Crippen molar-refractivity contribution in [3.05, 3.63) is 48.3 Å². The van der Waals surface area contributed by atoms with Crippen LogP contribution in [-0.2, 0) is 11.2 Å². The highest BCUT2D eigenvalue weighted by atomic mass is 19.4. The maximum Gasteiger partial charge on any atom is 0.393 e. The minimum absolute atomic E-state index is 0.0217. The Morgan fingerprint density at radius 3 is 2.64 bits per heavy atom.